The van der Waals surface area contributed by atoms with Crippen LogP contribution < -0.4 is 15.8 Å². The van der Waals surface area contributed by atoms with Gasteiger partial charge in [-0.1, -0.05) is 26.0 Å². The minimum Gasteiger partial charge on any atom is -0.481 e. The number of nitrogens with one attached hydrogen (secondary N) is 2. The van der Waals surface area contributed by atoms with Gasteiger partial charge in [0.1, 0.15) is 5.78 Å². The summed E-state index contributed by atoms with van der Waals surface area (Å²) < 4.78 is 41.6. The molecule has 2 aromatic rings. The lowest BCUT2D eigenvalue weighted by molar-refractivity contribution is -0.138. The maximum atomic E-state index is 13.4. The molecule has 186 valence electrons. The quantitative estimate of drug-likeness (QED) is 0.239. The lowest BCUT2D eigenvalue weighted by atomic mass is 9.95. The number of sulfonamides is 1. The first-order valence-corrected chi connectivity index (χ1v) is 13.8. The Morgan fingerprint density at radius 3 is 2.21 bits per heavy atom. The third-order valence-corrected chi connectivity index (χ3v) is 9.48. The van der Waals surface area contributed by atoms with Crippen LogP contribution in [0, 0.1) is 12.8 Å². The Balaban J connectivity index is 2.36. The summed E-state index contributed by atoms with van der Waals surface area (Å²) in [5, 5.41) is 12.3. The number of carboxylic acid groups (broad SMARTS) is 1. The van der Waals surface area contributed by atoms with Crippen molar-refractivity contribution in [1.82, 2.24) is 4.72 Å². The maximum absolute atomic E-state index is 13.4. The molecule has 0 radical (unpaired) electrons. The molecule has 2 rings (SSSR count). The van der Waals surface area contributed by atoms with Gasteiger partial charge in [0.2, 0.25) is 23.3 Å². The summed E-state index contributed by atoms with van der Waals surface area (Å²) in [4.78, 5) is 33.9. The molecule has 0 aliphatic heterocycles. The molecule has 12 heteroatoms. The molecule has 0 saturated carbocycles. The Morgan fingerprint density at radius 2 is 1.71 bits per heavy atom. The van der Waals surface area contributed by atoms with Crippen LogP contribution in [0.5, 0.6) is 0 Å². The topological polar surface area (TPSA) is 176 Å². The van der Waals surface area contributed by atoms with Gasteiger partial charge in [0.25, 0.3) is 0 Å². The molecular formula is C22H30N3O7PS. The van der Waals surface area contributed by atoms with Crippen LogP contribution in [0.4, 0.5) is 11.4 Å². The summed E-state index contributed by atoms with van der Waals surface area (Å²) in [7, 11) is -8.61. The minimum atomic E-state index is -4.38. The van der Waals surface area contributed by atoms with E-state index in [1.807, 2.05) is 0 Å². The highest BCUT2D eigenvalue weighted by atomic mass is 32.2. The maximum Gasteiger partial charge on any atom is 0.311 e. The van der Waals surface area contributed by atoms with Gasteiger partial charge in [-0.25, -0.2) is 8.42 Å². The number of benzene rings is 2. The van der Waals surface area contributed by atoms with Crippen LogP contribution in [0.15, 0.2) is 47.4 Å². The Labute approximate surface area is 199 Å². The molecule has 10 nitrogen and oxygen atoms in total. The third-order valence-electron chi connectivity index (χ3n) is 5.36. The van der Waals surface area contributed by atoms with Crippen molar-refractivity contribution in [2.45, 2.75) is 44.3 Å². The average molecular weight is 512 g/mol. The van der Waals surface area contributed by atoms with E-state index < -0.39 is 47.1 Å². The lowest BCUT2D eigenvalue weighted by Gasteiger charge is -2.29. The second kappa shape index (κ2) is 10.7. The first-order chi connectivity index (χ1) is 15.7. The molecule has 34 heavy (non-hydrogen) atoms. The molecule has 3 atom stereocenters. The van der Waals surface area contributed by atoms with E-state index in [1.165, 1.54) is 37.3 Å². The first kappa shape index (κ1) is 27.5. The Bertz CT molecular complexity index is 1210. The van der Waals surface area contributed by atoms with E-state index >= 15 is 0 Å². The van der Waals surface area contributed by atoms with Crippen molar-refractivity contribution in [3.63, 3.8) is 0 Å². The van der Waals surface area contributed by atoms with Gasteiger partial charge in [0, 0.05) is 24.5 Å². The molecule has 2 aromatic carbocycles. The summed E-state index contributed by atoms with van der Waals surface area (Å²) in [6.07, 6.45) is -0.681. The van der Waals surface area contributed by atoms with Crippen LogP contribution >= 0.6 is 7.37 Å². The Kier molecular flexibility index (Phi) is 8.65. The predicted octanol–water partition coefficient (Wildman–Crippen LogP) is 2.93. The second-order valence-corrected chi connectivity index (χ2v) is 12.6. The molecule has 0 heterocycles. The fourth-order valence-corrected chi connectivity index (χ4v) is 7.90. The molecule has 0 spiro atoms. The summed E-state index contributed by atoms with van der Waals surface area (Å²) in [5.74, 6) is -5.06. The number of carbonyl (C=O) groups is 2. The van der Waals surface area contributed by atoms with Crippen molar-refractivity contribution >= 4 is 40.6 Å². The van der Waals surface area contributed by atoms with Crippen molar-refractivity contribution < 1.29 is 32.6 Å². The van der Waals surface area contributed by atoms with Crippen LogP contribution in [-0.2, 0) is 24.2 Å². The summed E-state index contributed by atoms with van der Waals surface area (Å²) >= 11 is 0. The number of aliphatic carboxylic acids is 1. The van der Waals surface area contributed by atoms with Crippen LogP contribution in [-0.4, -0.2) is 42.2 Å². The molecule has 6 N–H and O–H groups in total. The van der Waals surface area contributed by atoms with Crippen molar-refractivity contribution in [2.75, 3.05) is 17.2 Å². The number of carbonyl (C=O) groups excluding carboxylic acids is 1. The highest BCUT2D eigenvalue weighted by Gasteiger charge is 2.41. The smallest absolute Gasteiger partial charge is 0.311 e. The highest BCUT2D eigenvalue weighted by molar-refractivity contribution is 7.90. The third kappa shape index (κ3) is 6.66. The van der Waals surface area contributed by atoms with Crippen LogP contribution in [0.25, 0.3) is 0 Å². The van der Waals surface area contributed by atoms with E-state index in [0.29, 0.717) is 22.5 Å². The standard InChI is InChI=1S/C22H30N3O7PS/c1-13(2)21(25-34(31,32)17-10-8-16(9-11-17)24-15(4)26)33(29,30)12-19(22(27)28)18-6-5-7-20(23)14(18)3/h5-11,13,19,21,25H,12,23H2,1-4H3,(H,24,26)(H,27,28)(H,29,30). The zero-order valence-electron chi connectivity index (χ0n) is 19.3. The van der Waals surface area contributed by atoms with E-state index in [-0.39, 0.29) is 10.8 Å². The summed E-state index contributed by atoms with van der Waals surface area (Å²) in [5.41, 5.74) is 7.39. The van der Waals surface area contributed by atoms with Gasteiger partial charge in [0.05, 0.1) is 10.8 Å². The highest BCUT2D eigenvalue weighted by Crippen LogP contribution is 2.52. The Morgan fingerprint density at radius 1 is 1.12 bits per heavy atom. The molecule has 0 bridgehead atoms. The zero-order valence-corrected chi connectivity index (χ0v) is 21.1. The molecule has 0 aliphatic rings. The largest absolute Gasteiger partial charge is 0.481 e. The Hall–Kier alpha value is -2.72. The van der Waals surface area contributed by atoms with Gasteiger partial charge in [-0.2, -0.15) is 4.72 Å². The fourth-order valence-electron chi connectivity index (χ4n) is 3.57. The van der Waals surface area contributed by atoms with Crippen molar-refractivity contribution in [1.29, 1.82) is 0 Å². The lowest BCUT2D eigenvalue weighted by Crippen LogP contribution is -2.39. The van der Waals surface area contributed by atoms with E-state index in [4.69, 9.17) is 5.73 Å². The fraction of sp³-hybridized carbons (Fsp3) is 0.364. The average Bonchev–Trinajstić information content (AvgIpc) is 2.72. The van der Waals surface area contributed by atoms with Crippen molar-refractivity contribution in [3.05, 3.63) is 53.6 Å². The van der Waals surface area contributed by atoms with Crippen LogP contribution in [0.1, 0.15) is 37.8 Å². The molecule has 0 saturated heterocycles. The van der Waals surface area contributed by atoms with Gasteiger partial charge < -0.3 is 21.1 Å². The van der Waals surface area contributed by atoms with Gasteiger partial charge >= 0.3 is 5.97 Å². The van der Waals surface area contributed by atoms with Gasteiger partial charge in [0.15, 0.2) is 0 Å². The van der Waals surface area contributed by atoms with Gasteiger partial charge in [-0.05, 0) is 54.3 Å². The van der Waals surface area contributed by atoms with Crippen LogP contribution in [0.3, 0.4) is 0 Å². The minimum absolute atomic E-state index is 0.172. The molecular weight excluding hydrogens is 481 g/mol. The second-order valence-electron chi connectivity index (χ2n) is 8.41. The number of hydrogen-bond acceptors (Lipinski definition) is 6. The predicted molar refractivity (Wildman–Crippen MR) is 130 cm³/mol. The molecule has 3 unspecified atom stereocenters. The molecule has 0 aromatic heterocycles. The number of hydrogen-bond donors (Lipinski definition) is 5. The molecule has 0 fully saturated rings. The zero-order chi connectivity index (χ0) is 25.8. The monoisotopic (exact) mass is 511 g/mol. The number of rotatable bonds is 10. The van der Waals surface area contributed by atoms with Crippen molar-refractivity contribution in [2.24, 2.45) is 5.92 Å². The van der Waals surface area contributed by atoms with E-state index in [0.717, 1.165) is 0 Å². The number of nitrogens with two attached hydrogens (primary N) is 1. The van der Waals surface area contributed by atoms with Crippen LogP contribution in [0.2, 0.25) is 0 Å². The molecule has 0 aliphatic carbocycles. The van der Waals surface area contributed by atoms with E-state index in [9.17, 15) is 32.6 Å². The van der Waals surface area contributed by atoms with Gasteiger partial charge in [-0.15, -0.1) is 0 Å². The SMILES string of the molecule is CC(=O)Nc1ccc(S(=O)(=O)NC(C(C)C)P(=O)(O)CC(C(=O)O)c2cccc(N)c2C)cc1. The number of nitrogen functional groups attached to an aromatic ring is 1. The van der Waals surface area contributed by atoms with Gasteiger partial charge in [-0.3, -0.25) is 14.2 Å². The van der Waals surface area contributed by atoms with E-state index in [2.05, 4.69) is 10.0 Å². The molecule has 1 amide bonds. The number of anilines is 2. The van der Waals surface area contributed by atoms with Crippen molar-refractivity contribution in [3.8, 4) is 0 Å². The normalized spacial score (nSPS) is 15.4. The number of carboxylic acids is 1. The van der Waals surface area contributed by atoms with E-state index in [1.54, 1.807) is 32.9 Å². The number of amides is 1. The summed E-state index contributed by atoms with van der Waals surface area (Å²) in [6, 6.07) is 9.97. The first-order valence-electron chi connectivity index (χ1n) is 10.4. The summed E-state index contributed by atoms with van der Waals surface area (Å²) in [6.45, 7) is 6.07.